The van der Waals surface area contributed by atoms with E-state index in [0.717, 1.165) is 62.5 Å². The first-order chi connectivity index (χ1) is 19.2. The second kappa shape index (κ2) is 14.4. The van der Waals surface area contributed by atoms with Gasteiger partial charge in [0.15, 0.2) is 6.73 Å². The smallest absolute Gasteiger partial charge is 0.324 e. The van der Waals surface area contributed by atoms with Gasteiger partial charge in [0, 0.05) is 38.7 Å². The molecule has 0 spiro atoms. The van der Waals surface area contributed by atoms with Crippen LogP contribution >= 0.6 is 23.2 Å². The van der Waals surface area contributed by atoms with Crippen LogP contribution in [0.3, 0.4) is 0 Å². The van der Waals surface area contributed by atoms with E-state index in [1.165, 1.54) is 4.90 Å². The van der Waals surface area contributed by atoms with Crippen molar-refractivity contribution in [3.63, 3.8) is 0 Å². The molecule has 0 bridgehead atoms. The largest absolute Gasteiger partial charge is 0.494 e. The Morgan fingerprint density at radius 2 is 1.80 bits per heavy atom. The van der Waals surface area contributed by atoms with E-state index in [4.69, 9.17) is 38.4 Å². The maximum Gasteiger partial charge on any atom is 0.324 e. The van der Waals surface area contributed by atoms with Gasteiger partial charge in [-0.2, -0.15) is 0 Å². The normalized spacial score (nSPS) is 16.7. The van der Waals surface area contributed by atoms with Crippen molar-refractivity contribution in [1.82, 2.24) is 4.90 Å². The molecular formula is C30H40Cl2N4O4. The third kappa shape index (κ3) is 8.03. The number of hydrogen-bond acceptors (Lipinski definition) is 7. The SMILES string of the molecule is CC(C)CC(N)C(=O)OCN1C(=O)CCc2ccc(OCCCCN3CCN(c4cccc(Cl)c4Cl)CC3)cc21. The molecule has 0 radical (unpaired) electrons. The number of carbonyl (C=O) groups excluding carboxylic acids is 2. The number of fused-ring (bicyclic) bond motifs is 1. The summed E-state index contributed by atoms with van der Waals surface area (Å²) >= 11 is 12.6. The van der Waals surface area contributed by atoms with Crippen LogP contribution in [-0.4, -0.2) is 68.9 Å². The second-order valence-corrected chi connectivity index (χ2v) is 11.7. The Bertz CT molecular complexity index is 1170. The van der Waals surface area contributed by atoms with Crippen molar-refractivity contribution in [2.24, 2.45) is 11.7 Å². The Balaban J connectivity index is 1.21. The van der Waals surface area contributed by atoms with Gasteiger partial charge in [-0.1, -0.05) is 49.2 Å². The molecule has 1 saturated heterocycles. The number of unbranched alkanes of at least 4 members (excludes halogenated alkanes) is 1. The summed E-state index contributed by atoms with van der Waals surface area (Å²) in [7, 11) is 0. The standard InChI is InChI=1S/C30H40Cl2N4O4/c1-21(2)18-25(33)30(38)40-20-36-27-19-23(10-8-22(27)9-11-28(36)37)39-17-4-3-12-34-13-15-35(16-14-34)26-7-5-6-24(31)29(26)32/h5-8,10,19,21,25H,3-4,9,11-18,20,33H2,1-2H3. The summed E-state index contributed by atoms with van der Waals surface area (Å²) in [6.45, 7) is 9.24. The molecule has 2 N–H and O–H groups in total. The zero-order chi connectivity index (χ0) is 28.6. The number of amides is 1. The average Bonchev–Trinajstić information content (AvgIpc) is 2.93. The Kier molecular flexibility index (Phi) is 11.0. The highest BCUT2D eigenvalue weighted by molar-refractivity contribution is 6.43. The average molecular weight is 592 g/mol. The van der Waals surface area contributed by atoms with Crippen LogP contribution < -0.4 is 20.3 Å². The Morgan fingerprint density at radius 1 is 1.02 bits per heavy atom. The predicted octanol–water partition coefficient (Wildman–Crippen LogP) is 5.13. The fourth-order valence-corrected chi connectivity index (χ4v) is 5.58. The van der Waals surface area contributed by atoms with Crippen LogP contribution in [0.2, 0.25) is 10.0 Å². The van der Waals surface area contributed by atoms with Crippen molar-refractivity contribution >= 4 is 46.5 Å². The molecule has 1 amide bonds. The summed E-state index contributed by atoms with van der Waals surface area (Å²) in [5.74, 6) is 0.417. The number of carbonyl (C=O) groups is 2. The van der Waals surface area contributed by atoms with Crippen LogP contribution in [-0.2, 0) is 20.7 Å². The molecule has 1 unspecified atom stereocenters. The van der Waals surface area contributed by atoms with Crippen LogP contribution in [0, 0.1) is 5.92 Å². The number of nitrogens with two attached hydrogens (primary N) is 1. The minimum atomic E-state index is -0.695. The first-order valence-corrected chi connectivity index (χ1v) is 14.9. The first-order valence-electron chi connectivity index (χ1n) is 14.1. The van der Waals surface area contributed by atoms with E-state index in [1.807, 2.05) is 50.2 Å². The highest BCUT2D eigenvalue weighted by Gasteiger charge is 2.27. The van der Waals surface area contributed by atoms with E-state index in [-0.39, 0.29) is 18.6 Å². The first kappa shape index (κ1) is 30.4. The highest BCUT2D eigenvalue weighted by atomic mass is 35.5. The number of aryl methyl sites for hydroxylation is 1. The van der Waals surface area contributed by atoms with Gasteiger partial charge in [0.1, 0.15) is 11.8 Å². The molecule has 2 aromatic carbocycles. The fourth-order valence-electron chi connectivity index (χ4n) is 5.16. The number of hydrogen-bond donors (Lipinski definition) is 1. The maximum atomic E-state index is 12.7. The van der Waals surface area contributed by atoms with Crippen LogP contribution in [0.25, 0.3) is 0 Å². The number of piperazine rings is 1. The van der Waals surface area contributed by atoms with Crippen LogP contribution in [0.4, 0.5) is 11.4 Å². The van der Waals surface area contributed by atoms with Crippen molar-refractivity contribution in [2.45, 2.75) is 52.0 Å². The van der Waals surface area contributed by atoms with E-state index in [1.54, 1.807) is 0 Å². The van der Waals surface area contributed by atoms with Crippen molar-refractivity contribution < 1.29 is 19.1 Å². The summed E-state index contributed by atoms with van der Waals surface area (Å²) in [6, 6.07) is 10.9. The number of nitrogens with zero attached hydrogens (tertiary/aromatic N) is 3. The minimum Gasteiger partial charge on any atom is -0.494 e. The number of esters is 1. The third-order valence-electron chi connectivity index (χ3n) is 7.40. The Hall–Kier alpha value is -2.52. The van der Waals surface area contributed by atoms with Crippen molar-refractivity contribution in [1.29, 1.82) is 0 Å². The summed E-state index contributed by atoms with van der Waals surface area (Å²) in [5, 5.41) is 1.21. The third-order valence-corrected chi connectivity index (χ3v) is 8.21. The molecule has 10 heteroatoms. The molecule has 4 rings (SSSR count). The number of benzene rings is 2. The summed E-state index contributed by atoms with van der Waals surface area (Å²) in [5.41, 5.74) is 8.71. The topological polar surface area (TPSA) is 88.3 Å². The number of ether oxygens (including phenoxy) is 2. The van der Waals surface area contributed by atoms with E-state index >= 15 is 0 Å². The zero-order valence-electron chi connectivity index (χ0n) is 23.4. The van der Waals surface area contributed by atoms with Crippen LogP contribution in [0.1, 0.15) is 45.1 Å². The molecular weight excluding hydrogens is 551 g/mol. The predicted molar refractivity (Wildman–Crippen MR) is 160 cm³/mol. The lowest BCUT2D eigenvalue weighted by Crippen LogP contribution is -2.46. The molecule has 8 nitrogen and oxygen atoms in total. The number of halogens is 2. The zero-order valence-corrected chi connectivity index (χ0v) is 24.9. The molecule has 1 atom stereocenters. The van der Waals surface area contributed by atoms with Crippen molar-refractivity contribution in [3.05, 3.63) is 52.0 Å². The summed E-state index contributed by atoms with van der Waals surface area (Å²) in [6.07, 6.45) is 3.52. The molecule has 218 valence electrons. The summed E-state index contributed by atoms with van der Waals surface area (Å²) < 4.78 is 11.4. The van der Waals surface area contributed by atoms with Crippen LogP contribution in [0.5, 0.6) is 5.75 Å². The highest BCUT2D eigenvalue weighted by Crippen LogP contribution is 2.33. The van der Waals surface area contributed by atoms with Gasteiger partial charge in [0.2, 0.25) is 5.91 Å². The van der Waals surface area contributed by atoms with Gasteiger partial charge in [0.05, 0.1) is 28.0 Å². The van der Waals surface area contributed by atoms with Gasteiger partial charge >= 0.3 is 5.97 Å². The fraction of sp³-hybridized carbons (Fsp3) is 0.533. The molecule has 2 aliphatic rings. The van der Waals surface area contributed by atoms with Gasteiger partial charge < -0.3 is 20.1 Å². The maximum absolute atomic E-state index is 12.7. The van der Waals surface area contributed by atoms with Gasteiger partial charge in [-0.15, -0.1) is 0 Å². The van der Waals surface area contributed by atoms with Crippen molar-refractivity contribution in [3.8, 4) is 5.75 Å². The lowest BCUT2D eigenvalue weighted by molar-refractivity contribution is -0.146. The second-order valence-electron chi connectivity index (χ2n) is 10.9. The Labute approximate surface area is 247 Å². The number of anilines is 2. The van der Waals surface area contributed by atoms with Gasteiger partial charge in [-0.3, -0.25) is 19.4 Å². The molecule has 2 aliphatic heterocycles. The van der Waals surface area contributed by atoms with E-state index in [2.05, 4.69) is 9.80 Å². The van der Waals surface area contributed by atoms with Gasteiger partial charge in [-0.05, 0) is 61.9 Å². The van der Waals surface area contributed by atoms with Gasteiger partial charge in [-0.25, -0.2) is 0 Å². The minimum absolute atomic E-state index is 0.0763. The van der Waals surface area contributed by atoms with E-state index in [9.17, 15) is 9.59 Å². The summed E-state index contributed by atoms with van der Waals surface area (Å²) in [4.78, 5) is 31.2. The van der Waals surface area contributed by atoms with E-state index in [0.29, 0.717) is 41.7 Å². The van der Waals surface area contributed by atoms with E-state index < -0.39 is 12.0 Å². The number of rotatable bonds is 12. The quantitative estimate of drug-likeness (QED) is 0.271. The molecule has 1 fully saturated rings. The van der Waals surface area contributed by atoms with Crippen LogP contribution in [0.15, 0.2) is 36.4 Å². The molecule has 0 saturated carbocycles. The molecule has 0 aromatic heterocycles. The molecule has 2 heterocycles. The Morgan fingerprint density at radius 3 is 2.55 bits per heavy atom. The lowest BCUT2D eigenvalue weighted by atomic mass is 10.0. The van der Waals surface area contributed by atoms with Gasteiger partial charge in [0.25, 0.3) is 0 Å². The monoisotopic (exact) mass is 590 g/mol. The molecule has 0 aliphatic carbocycles. The molecule has 2 aromatic rings. The van der Waals surface area contributed by atoms with Crippen molar-refractivity contribution in [2.75, 3.05) is 55.9 Å². The molecule has 40 heavy (non-hydrogen) atoms. The lowest BCUT2D eigenvalue weighted by Gasteiger charge is -2.36.